The molecule has 0 aliphatic carbocycles. The number of ether oxygens (including phenoxy) is 2. The Balaban J connectivity index is 2.52. The second-order valence-corrected chi connectivity index (χ2v) is 5.68. The third-order valence-corrected chi connectivity index (χ3v) is 3.78. The molecule has 7 nitrogen and oxygen atoms in total. The lowest BCUT2D eigenvalue weighted by Gasteiger charge is -2.18. The Morgan fingerprint density at radius 2 is 2.15 bits per heavy atom. The predicted octanol–water partition coefficient (Wildman–Crippen LogP) is 2.49. The van der Waals surface area contributed by atoms with Gasteiger partial charge in [0, 0.05) is 6.07 Å². The van der Waals surface area contributed by atoms with Crippen LogP contribution >= 0.6 is 0 Å². The summed E-state index contributed by atoms with van der Waals surface area (Å²) < 4.78 is 16.0. The lowest BCUT2D eigenvalue weighted by Crippen LogP contribution is -2.15. The summed E-state index contributed by atoms with van der Waals surface area (Å²) in [6, 6.07) is 7.85. The van der Waals surface area contributed by atoms with Crippen LogP contribution in [0, 0.1) is 0 Å². The maximum atomic E-state index is 12.1. The molecule has 0 spiro atoms. The molecule has 0 aliphatic rings. The zero-order valence-electron chi connectivity index (χ0n) is 15.0. The van der Waals surface area contributed by atoms with Gasteiger partial charge in [-0.15, -0.1) is 0 Å². The van der Waals surface area contributed by atoms with E-state index >= 15 is 0 Å². The number of rotatable bonds is 9. The second kappa shape index (κ2) is 9.59. The van der Waals surface area contributed by atoms with Crippen LogP contribution in [0.5, 0.6) is 11.5 Å². The molecule has 1 aromatic carbocycles. The number of carbonyl (C=O) groups is 1. The summed E-state index contributed by atoms with van der Waals surface area (Å²) in [6.45, 7) is 5.25. The monoisotopic (exact) mass is 374 g/mol. The summed E-state index contributed by atoms with van der Waals surface area (Å²) >= 11 is 0. The van der Waals surface area contributed by atoms with E-state index in [0.717, 1.165) is 6.07 Å². The molecule has 0 unspecified atom stereocenters. The fourth-order valence-corrected chi connectivity index (χ4v) is 2.59. The van der Waals surface area contributed by atoms with Crippen LogP contribution in [0.15, 0.2) is 52.2 Å². The number of hydrogen-bond acceptors (Lipinski definition) is 7. The normalized spacial score (nSPS) is 11.6. The molecular weight excluding hydrogens is 352 g/mol. The molecule has 0 amide bonds. The van der Waals surface area contributed by atoms with E-state index in [1.54, 1.807) is 37.3 Å². The SMILES string of the molecule is C=CCOc1cccc([C@@H](CC(=O)OCC)c2oc(CO)cc(=O)c2O)c1. The highest BCUT2D eigenvalue weighted by atomic mass is 16.5. The Hall–Kier alpha value is -3.06. The molecule has 27 heavy (non-hydrogen) atoms. The molecule has 2 aromatic rings. The zero-order valence-corrected chi connectivity index (χ0v) is 15.0. The van der Waals surface area contributed by atoms with Gasteiger partial charge in [0.05, 0.1) is 18.9 Å². The van der Waals surface area contributed by atoms with Gasteiger partial charge in [0.1, 0.15) is 24.7 Å². The van der Waals surface area contributed by atoms with Gasteiger partial charge >= 0.3 is 5.97 Å². The van der Waals surface area contributed by atoms with Crippen LogP contribution in [0.1, 0.15) is 36.3 Å². The number of esters is 1. The molecular formula is C20H22O7. The molecule has 0 radical (unpaired) electrons. The fraction of sp³-hybridized carbons (Fsp3) is 0.300. The standard InChI is InChI=1S/C20H22O7/c1-3-8-26-14-7-5-6-13(9-14)16(11-18(23)25-4-2)20-19(24)17(22)10-15(12-21)27-20/h3,5-7,9-10,16,21,24H,1,4,8,11-12H2,2H3/t16-/m1/s1. The Bertz CT molecular complexity index is 854. The van der Waals surface area contributed by atoms with Gasteiger partial charge in [-0.3, -0.25) is 9.59 Å². The number of benzene rings is 1. The molecule has 7 heteroatoms. The number of hydrogen-bond donors (Lipinski definition) is 2. The summed E-state index contributed by atoms with van der Waals surface area (Å²) in [5.74, 6) is -1.52. The van der Waals surface area contributed by atoms with E-state index in [2.05, 4.69) is 6.58 Å². The van der Waals surface area contributed by atoms with Crippen molar-refractivity contribution in [1.82, 2.24) is 0 Å². The Morgan fingerprint density at radius 3 is 2.81 bits per heavy atom. The highest BCUT2D eigenvalue weighted by Gasteiger charge is 2.27. The van der Waals surface area contributed by atoms with Crippen LogP contribution in [0.3, 0.4) is 0 Å². The third-order valence-electron chi connectivity index (χ3n) is 3.78. The van der Waals surface area contributed by atoms with E-state index in [9.17, 15) is 19.8 Å². The Labute approximate surface area is 156 Å². The molecule has 1 aromatic heterocycles. The maximum Gasteiger partial charge on any atom is 0.306 e. The first-order chi connectivity index (χ1) is 13.0. The first kappa shape index (κ1) is 20.3. The molecule has 0 fully saturated rings. The van der Waals surface area contributed by atoms with Crippen LogP contribution in [-0.2, 0) is 16.1 Å². The highest BCUT2D eigenvalue weighted by molar-refractivity contribution is 5.71. The summed E-state index contributed by atoms with van der Waals surface area (Å²) in [7, 11) is 0. The van der Waals surface area contributed by atoms with Gasteiger partial charge in [0.25, 0.3) is 0 Å². The van der Waals surface area contributed by atoms with E-state index in [-0.39, 0.29) is 24.5 Å². The lowest BCUT2D eigenvalue weighted by atomic mass is 9.92. The van der Waals surface area contributed by atoms with E-state index in [1.807, 2.05) is 0 Å². The number of aliphatic hydroxyl groups excluding tert-OH is 1. The van der Waals surface area contributed by atoms with E-state index in [4.69, 9.17) is 13.9 Å². The predicted molar refractivity (Wildman–Crippen MR) is 97.8 cm³/mol. The molecule has 0 bridgehead atoms. The highest BCUT2D eigenvalue weighted by Crippen LogP contribution is 2.34. The van der Waals surface area contributed by atoms with Crippen molar-refractivity contribution in [2.75, 3.05) is 13.2 Å². The lowest BCUT2D eigenvalue weighted by molar-refractivity contribution is -0.143. The van der Waals surface area contributed by atoms with Crippen LogP contribution in [-0.4, -0.2) is 29.4 Å². The Morgan fingerprint density at radius 1 is 1.37 bits per heavy atom. The molecule has 144 valence electrons. The van der Waals surface area contributed by atoms with Crippen molar-refractivity contribution in [3.63, 3.8) is 0 Å². The first-order valence-corrected chi connectivity index (χ1v) is 8.46. The summed E-state index contributed by atoms with van der Waals surface area (Å²) in [5, 5.41) is 19.5. The fourth-order valence-electron chi connectivity index (χ4n) is 2.59. The second-order valence-electron chi connectivity index (χ2n) is 5.68. The van der Waals surface area contributed by atoms with Crippen molar-refractivity contribution in [2.45, 2.75) is 25.9 Å². The first-order valence-electron chi connectivity index (χ1n) is 8.46. The van der Waals surface area contributed by atoms with E-state index in [1.165, 1.54) is 0 Å². The minimum atomic E-state index is -0.796. The molecule has 1 atom stereocenters. The van der Waals surface area contributed by atoms with Crippen LogP contribution in [0.25, 0.3) is 0 Å². The summed E-state index contributed by atoms with van der Waals surface area (Å²) in [5.41, 5.74) is -0.119. The quantitative estimate of drug-likeness (QED) is 0.513. The Kier molecular flexibility index (Phi) is 7.19. The van der Waals surface area contributed by atoms with Crippen molar-refractivity contribution in [3.05, 3.63) is 70.3 Å². The van der Waals surface area contributed by atoms with Gasteiger partial charge in [-0.05, 0) is 24.6 Å². The smallest absolute Gasteiger partial charge is 0.306 e. The molecule has 1 heterocycles. The van der Waals surface area contributed by atoms with Gasteiger partial charge in [0.15, 0.2) is 5.76 Å². The van der Waals surface area contributed by atoms with Crippen LogP contribution in [0.4, 0.5) is 0 Å². The molecule has 2 rings (SSSR count). The minimum absolute atomic E-state index is 0.0132. The zero-order chi connectivity index (χ0) is 19.8. The number of aliphatic hydroxyl groups is 1. The molecule has 2 N–H and O–H groups in total. The molecule has 0 saturated heterocycles. The van der Waals surface area contributed by atoms with Crippen LogP contribution in [0.2, 0.25) is 0 Å². The number of carbonyl (C=O) groups excluding carboxylic acids is 1. The van der Waals surface area contributed by atoms with Crippen molar-refractivity contribution < 1.29 is 28.9 Å². The van der Waals surface area contributed by atoms with Gasteiger partial charge < -0.3 is 24.1 Å². The maximum absolute atomic E-state index is 12.1. The largest absolute Gasteiger partial charge is 0.502 e. The molecule has 0 saturated carbocycles. The number of aromatic hydroxyl groups is 1. The minimum Gasteiger partial charge on any atom is -0.502 e. The average molecular weight is 374 g/mol. The third kappa shape index (κ3) is 5.21. The van der Waals surface area contributed by atoms with E-state index in [0.29, 0.717) is 17.9 Å². The topological polar surface area (TPSA) is 106 Å². The van der Waals surface area contributed by atoms with E-state index < -0.39 is 29.7 Å². The van der Waals surface area contributed by atoms with Crippen molar-refractivity contribution in [2.24, 2.45) is 0 Å². The summed E-state index contributed by atoms with van der Waals surface area (Å²) in [4.78, 5) is 24.1. The van der Waals surface area contributed by atoms with Crippen molar-refractivity contribution >= 4 is 5.97 Å². The van der Waals surface area contributed by atoms with Gasteiger partial charge in [-0.1, -0.05) is 24.8 Å². The summed E-state index contributed by atoms with van der Waals surface area (Å²) in [6.07, 6.45) is 1.43. The van der Waals surface area contributed by atoms with Gasteiger partial charge in [-0.25, -0.2) is 0 Å². The van der Waals surface area contributed by atoms with Gasteiger partial charge in [0.2, 0.25) is 11.2 Å². The van der Waals surface area contributed by atoms with Crippen LogP contribution < -0.4 is 10.2 Å². The molecule has 0 aliphatic heterocycles. The van der Waals surface area contributed by atoms with Crippen molar-refractivity contribution in [1.29, 1.82) is 0 Å². The van der Waals surface area contributed by atoms with Crippen molar-refractivity contribution in [3.8, 4) is 11.5 Å². The van der Waals surface area contributed by atoms with Gasteiger partial charge in [-0.2, -0.15) is 0 Å². The average Bonchev–Trinajstić information content (AvgIpc) is 2.67.